The van der Waals surface area contributed by atoms with Gasteiger partial charge in [-0.15, -0.1) is 0 Å². The SMILES string of the molecule is CC(C)COc1cc2cc(c1)C(=O)N(C)CC(=O)N[C@H]1CCN(Cc3ccn4ncnc4c3)C[C@@H]1OCc1cccc(c1)O2. The van der Waals surface area contributed by atoms with E-state index in [9.17, 15) is 9.59 Å². The highest BCUT2D eigenvalue weighted by Crippen LogP contribution is 2.30. The Morgan fingerprint density at radius 2 is 1.98 bits per heavy atom. The summed E-state index contributed by atoms with van der Waals surface area (Å²) in [6, 6.07) is 16.8. The molecule has 4 bridgehead atoms. The Morgan fingerprint density at radius 3 is 2.84 bits per heavy atom. The summed E-state index contributed by atoms with van der Waals surface area (Å²) in [5, 5.41) is 7.34. The summed E-state index contributed by atoms with van der Waals surface area (Å²) in [5.74, 6) is 1.42. The second-order valence-electron chi connectivity index (χ2n) is 12.0. The number of amides is 2. The van der Waals surface area contributed by atoms with Crippen molar-refractivity contribution in [2.45, 2.75) is 45.6 Å². The largest absolute Gasteiger partial charge is 0.493 e. The average molecular weight is 599 g/mol. The third-order valence-electron chi connectivity index (χ3n) is 7.78. The van der Waals surface area contributed by atoms with Crippen LogP contribution >= 0.6 is 0 Å². The van der Waals surface area contributed by atoms with Gasteiger partial charge in [-0.1, -0.05) is 26.0 Å². The summed E-state index contributed by atoms with van der Waals surface area (Å²) in [4.78, 5) is 34.7. The van der Waals surface area contributed by atoms with Crippen molar-refractivity contribution in [1.82, 2.24) is 29.7 Å². The van der Waals surface area contributed by atoms with Gasteiger partial charge in [0.05, 0.1) is 31.9 Å². The molecule has 1 saturated heterocycles. The van der Waals surface area contributed by atoms with Gasteiger partial charge in [0, 0.05) is 44.5 Å². The minimum atomic E-state index is -0.298. The number of hydrogen-bond donors (Lipinski definition) is 1. The molecule has 1 fully saturated rings. The molecular weight excluding hydrogens is 560 g/mol. The van der Waals surface area contributed by atoms with E-state index in [0.717, 1.165) is 29.9 Å². The van der Waals surface area contributed by atoms with Crippen molar-refractivity contribution in [1.29, 1.82) is 0 Å². The van der Waals surface area contributed by atoms with Crippen LogP contribution in [0.5, 0.6) is 17.2 Å². The lowest BCUT2D eigenvalue weighted by atomic mass is 10.0. The number of piperidine rings is 1. The number of aromatic nitrogens is 3. The van der Waals surface area contributed by atoms with E-state index in [1.807, 2.05) is 42.6 Å². The Labute approximate surface area is 256 Å². The third-order valence-corrected chi connectivity index (χ3v) is 7.78. The van der Waals surface area contributed by atoms with E-state index in [1.54, 1.807) is 36.1 Å². The lowest BCUT2D eigenvalue weighted by Gasteiger charge is -2.39. The van der Waals surface area contributed by atoms with Gasteiger partial charge in [-0.05, 0) is 59.9 Å². The molecule has 6 rings (SSSR count). The van der Waals surface area contributed by atoms with E-state index in [4.69, 9.17) is 14.2 Å². The molecule has 11 heteroatoms. The van der Waals surface area contributed by atoms with E-state index in [1.165, 1.54) is 4.90 Å². The van der Waals surface area contributed by atoms with Crippen LogP contribution in [-0.4, -0.2) is 81.6 Å². The molecule has 0 unspecified atom stereocenters. The van der Waals surface area contributed by atoms with Crippen LogP contribution in [0.4, 0.5) is 0 Å². The van der Waals surface area contributed by atoms with Crippen molar-refractivity contribution >= 4 is 17.5 Å². The van der Waals surface area contributed by atoms with Crippen molar-refractivity contribution in [2.75, 3.05) is 33.3 Å². The van der Waals surface area contributed by atoms with Crippen molar-refractivity contribution in [3.8, 4) is 17.2 Å². The van der Waals surface area contributed by atoms with Gasteiger partial charge in [0.2, 0.25) is 5.91 Å². The highest BCUT2D eigenvalue weighted by atomic mass is 16.5. The highest BCUT2D eigenvalue weighted by Gasteiger charge is 2.32. The maximum Gasteiger partial charge on any atom is 0.254 e. The Hall–Kier alpha value is -4.48. The van der Waals surface area contributed by atoms with Gasteiger partial charge in [-0.3, -0.25) is 14.5 Å². The molecule has 0 aliphatic carbocycles. The summed E-state index contributed by atoms with van der Waals surface area (Å²) in [7, 11) is 1.62. The van der Waals surface area contributed by atoms with Crippen LogP contribution in [0, 0.1) is 5.92 Å². The molecule has 2 aliphatic heterocycles. The molecule has 1 N–H and O–H groups in total. The molecule has 44 heavy (non-hydrogen) atoms. The lowest BCUT2D eigenvalue weighted by molar-refractivity contribution is -0.125. The zero-order valence-corrected chi connectivity index (χ0v) is 25.3. The van der Waals surface area contributed by atoms with Crippen LogP contribution in [-0.2, 0) is 22.7 Å². The molecule has 0 saturated carbocycles. The first-order valence-corrected chi connectivity index (χ1v) is 15.0. The van der Waals surface area contributed by atoms with Crippen LogP contribution < -0.4 is 14.8 Å². The lowest BCUT2D eigenvalue weighted by Crippen LogP contribution is -2.56. The van der Waals surface area contributed by atoms with Crippen LogP contribution in [0.3, 0.4) is 0 Å². The number of pyridine rings is 1. The first-order valence-electron chi connectivity index (χ1n) is 15.0. The molecule has 0 spiro atoms. The molecule has 0 radical (unpaired) electrons. The summed E-state index contributed by atoms with van der Waals surface area (Å²) >= 11 is 0. The molecule has 2 aliphatic rings. The Kier molecular flexibility index (Phi) is 8.76. The fourth-order valence-corrected chi connectivity index (χ4v) is 5.57. The van der Waals surface area contributed by atoms with E-state index >= 15 is 0 Å². The van der Waals surface area contributed by atoms with Gasteiger partial charge >= 0.3 is 0 Å². The summed E-state index contributed by atoms with van der Waals surface area (Å²) < 4.78 is 20.4. The first kappa shape index (κ1) is 29.6. The van der Waals surface area contributed by atoms with Crippen molar-refractivity contribution in [2.24, 2.45) is 5.92 Å². The van der Waals surface area contributed by atoms with E-state index in [-0.39, 0.29) is 30.5 Å². The highest BCUT2D eigenvalue weighted by molar-refractivity contribution is 5.97. The van der Waals surface area contributed by atoms with Gasteiger partial charge in [-0.25, -0.2) is 9.50 Å². The average Bonchev–Trinajstić information content (AvgIpc) is 3.47. The number of likely N-dealkylation sites (tertiary alicyclic amines) is 1. The van der Waals surface area contributed by atoms with Crippen LogP contribution in [0.25, 0.3) is 5.65 Å². The molecule has 2 amide bonds. The van der Waals surface area contributed by atoms with Crippen LogP contribution in [0.2, 0.25) is 0 Å². The standard InChI is InChI=1S/C33H38N6O5/c1-22(2)19-42-27-13-25-14-28(15-27)44-26-6-4-5-24(11-26)20-43-30-17-38(16-23-7-10-39-31(12-23)34-21-35-39)9-8-29(30)36-32(40)18-37(3)33(25)41/h4-7,10-15,21-22,29-30H,8-9,16-20H2,1-3H3,(H,36,40)/t29-,30-/m0/s1. The fraction of sp³-hybridized carbons (Fsp3) is 0.394. The minimum Gasteiger partial charge on any atom is -0.493 e. The number of carbonyl (C=O) groups is 2. The molecule has 230 valence electrons. The minimum absolute atomic E-state index is 0.0869. The van der Waals surface area contributed by atoms with Crippen molar-refractivity contribution in [3.05, 3.63) is 83.8 Å². The summed E-state index contributed by atoms with van der Waals surface area (Å²) in [6.07, 6.45) is 3.91. The topological polar surface area (TPSA) is 111 Å². The van der Waals surface area contributed by atoms with E-state index < -0.39 is 0 Å². The molecular formula is C33H38N6O5. The zero-order valence-electron chi connectivity index (χ0n) is 25.3. The van der Waals surface area contributed by atoms with Gasteiger partial charge in [0.15, 0.2) is 5.65 Å². The third kappa shape index (κ3) is 7.17. The van der Waals surface area contributed by atoms with Gasteiger partial charge in [0.25, 0.3) is 5.91 Å². The normalized spacial score (nSPS) is 19.9. The molecule has 4 heterocycles. The van der Waals surface area contributed by atoms with Crippen molar-refractivity contribution in [3.63, 3.8) is 0 Å². The fourth-order valence-electron chi connectivity index (χ4n) is 5.57. The number of benzene rings is 2. The number of carbonyl (C=O) groups excluding carboxylic acids is 2. The molecule has 2 aromatic heterocycles. The number of nitrogens with one attached hydrogen (secondary N) is 1. The molecule has 11 nitrogen and oxygen atoms in total. The first-order chi connectivity index (χ1) is 21.3. The second kappa shape index (κ2) is 13.0. The number of likely N-dealkylation sites (N-methyl/N-ethyl adjacent to an activating group) is 1. The molecule has 2 atom stereocenters. The predicted molar refractivity (Wildman–Crippen MR) is 164 cm³/mol. The quantitative estimate of drug-likeness (QED) is 0.368. The second-order valence-corrected chi connectivity index (χ2v) is 12.0. The zero-order chi connectivity index (χ0) is 30.6. The maximum atomic E-state index is 13.5. The maximum absolute atomic E-state index is 13.5. The van der Waals surface area contributed by atoms with Gasteiger partial charge in [0.1, 0.15) is 23.6 Å². The van der Waals surface area contributed by atoms with Crippen LogP contribution in [0.1, 0.15) is 41.8 Å². The number of nitrogens with zero attached hydrogens (tertiary/aromatic N) is 5. The Morgan fingerprint density at radius 1 is 1.09 bits per heavy atom. The Bertz CT molecular complexity index is 1640. The smallest absolute Gasteiger partial charge is 0.254 e. The predicted octanol–water partition coefficient (Wildman–Crippen LogP) is 3.92. The monoisotopic (exact) mass is 598 g/mol. The van der Waals surface area contributed by atoms with Gasteiger partial charge in [-0.2, -0.15) is 5.10 Å². The van der Waals surface area contributed by atoms with Crippen molar-refractivity contribution < 1.29 is 23.8 Å². The van der Waals surface area contributed by atoms with Crippen LogP contribution in [0.15, 0.2) is 67.1 Å². The number of ether oxygens (including phenoxy) is 3. The molecule has 2 aromatic carbocycles. The van der Waals surface area contributed by atoms with E-state index in [0.29, 0.717) is 54.9 Å². The molecule has 4 aromatic rings. The number of hydrogen-bond acceptors (Lipinski definition) is 8. The summed E-state index contributed by atoms with van der Waals surface area (Å²) in [5.41, 5.74) is 3.26. The number of rotatable bonds is 5. The van der Waals surface area contributed by atoms with Gasteiger partial charge < -0.3 is 24.4 Å². The Balaban J connectivity index is 1.24. The number of fused-ring (bicyclic) bond motifs is 6. The van der Waals surface area contributed by atoms with E-state index in [2.05, 4.69) is 34.1 Å². The summed E-state index contributed by atoms with van der Waals surface area (Å²) in [6.45, 7) is 7.04.